The van der Waals surface area contributed by atoms with Crippen molar-refractivity contribution in [1.29, 1.82) is 0 Å². The standard InChI is InChI=1S/C27H26FN3O2/c1-18-11-13-22(14-12-18)33-27-23(15-16-26(32)29-25-10-5-4-9-24(25)28)20(3)30-31(27)21-8-6-7-19(2)17-21/h4-14,17H,15-16H2,1-3H3,(H,29,32). The van der Waals surface area contributed by atoms with E-state index in [4.69, 9.17) is 9.84 Å². The molecule has 0 aliphatic heterocycles. The summed E-state index contributed by atoms with van der Waals surface area (Å²) >= 11 is 0. The van der Waals surface area contributed by atoms with Crippen LogP contribution in [0.2, 0.25) is 0 Å². The first-order valence-corrected chi connectivity index (χ1v) is 10.8. The Balaban J connectivity index is 1.62. The Morgan fingerprint density at radius 3 is 2.45 bits per heavy atom. The molecule has 33 heavy (non-hydrogen) atoms. The molecule has 0 unspecified atom stereocenters. The average Bonchev–Trinajstić information content (AvgIpc) is 3.10. The molecule has 0 radical (unpaired) electrons. The molecule has 1 aromatic heterocycles. The predicted octanol–water partition coefficient (Wildman–Crippen LogP) is 6.30. The van der Waals surface area contributed by atoms with Crippen LogP contribution < -0.4 is 10.1 Å². The maximum Gasteiger partial charge on any atom is 0.226 e. The van der Waals surface area contributed by atoms with E-state index in [-0.39, 0.29) is 18.0 Å². The molecule has 4 aromatic rings. The summed E-state index contributed by atoms with van der Waals surface area (Å²) in [4.78, 5) is 12.5. The van der Waals surface area contributed by atoms with Crippen LogP contribution in [0, 0.1) is 26.6 Å². The lowest BCUT2D eigenvalue weighted by Crippen LogP contribution is -2.13. The van der Waals surface area contributed by atoms with Gasteiger partial charge in [-0.15, -0.1) is 0 Å². The van der Waals surface area contributed by atoms with Crippen LogP contribution in [0.3, 0.4) is 0 Å². The van der Waals surface area contributed by atoms with Crippen molar-refractivity contribution in [2.75, 3.05) is 5.32 Å². The lowest BCUT2D eigenvalue weighted by Gasteiger charge is -2.12. The number of carbonyl (C=O) groups excluding carboxylic acids is 1. The van der Waals surface area contributed by atoms with Gasteiger partial charge in [-0.05, 0) is 69.2 Å². The highest BCUT2D eigenvalue weighted by molar-refractivity contribution is 5.91. The van der Waals surface area contributed by atoms with E-state index in [1.165, 1.54) is 6.07 Å². The van der Waals surface area contributed by atoms with E-state index in [1.807, 2.05) is 69.3 Å². The van der Waals surface area contributed by atoms with E-state index in [1.54, 1.807) is 22.9 Å². The van der Waals surface area contributed by atoms with Gasteiger partial charge in [-0.3, -0.25) is 4.79 Å². The molecule has 4 rings (SSSR count). The molecule has 3 aromatic carbocycles. The molecule has 0 bridgehead atoms. The van der Waals surface area contributed by atoms with Crippen molar-refractivity contribution in [1.82, 2.24) is 9.78 Å². The van der Waals surface area contributed by atoms with Gasteiger partial charge in [-0.1, -0.05) is 42.0 Å². The number of hydrogen-bond acceptors (Lipinski definition) is 3. The minimum atomic E-state index is -0.460. The van der Waals surface area contributed by atoms with Crippen molar-refractivity contribution in [2.24, 2.45) is 0 Å². The second-order valence-electron chi connectivity index (χ2n) is 8.06. The molecule has 1 N–H and O–H groups in total. The van der Waals surface area contributed by atoms with Crippen LogP contribution in [0.5, 0.6) is 11.6 Å². The van der Waals surface area contributed by atoms with Gasteiger partial charge in [0.15, 0.2) is 0 Å². The van der Waals surface area contributed by atoms with E-state index >= 15 is 0 Å². The first-order valence-electron chi connectivity index (χ1n) is 10.8. The van der Waals surface area contributed by atoms with Gasteiger partial charge in [-0.25, -0.2) is 9.07 Å². The fourth-order valence-electron chi connectivity index (χ4n) is 3.60. The van der Waals surface area contributed by atoms with Crippen LogP contribution >= 0.6 is 0 Å². The van der Waals surface area contributed by atoms with E-state index < -0.39 is 5.82 Å². The van der Waals surface area contributed by atoms with Crippen LogP contribution in [0.25, 0.3) is 5.69 Å². The Kier molecular flexibility index (Phi) is 6.54. The van der Waals surface area contributed by atoms with Crippen molar-refractivity contribution in [3.05, 3.63) is 101 Å². The molecule has 0 atom stereocenters. The highest BCUT2D eigenvalue weighted by Crippen LogP contribution is 2.32. The van der Waals surface area contributed by atoms with Gasteiger partial charge in [-0.2, -0.15) is 5.10 Å². The van der Waals surface area contributed by atoms with Gasteiger partial charge >= 0.3 is 0 Å². The zero-order valence-corrected chi connectivity index (χ0v) is 18.9. The molecular weight excluding hydrogens is 417 g/mol. The number of aryl methyl sites for hydroxylation is 3. The number of carbonyl (C=O) groups is 1. The Morgan fingerprint density at radius 2 is 1.73 bits per heavy atom. The molecule has 6 heteroatoms. The van der Waals surface area contributed by atoms with Crippen molar-refractivity contribution >= 4 is 11.6 Å². The number of nitrogens with zero attached hydrogens (tertiary/aromatic N) is 2. The molecule has 0 saturated heterocycles. The maximum absolute atomic E-state index is 13.9. The summed E-state index contributed by atoms with van der Waals surface area (Å²) < 4.78 is 21.9. The fourth-order valence-corrected chi connectivity index (χ4v) is 3.60. The van der Waals surface area contributed by atoms with Crippen molar-refractivity contribution in [3.63, 3.8) is 0 Å². The largest absolute Gasteiger partial charge is 0.439 e. The number of hydrogen-bond donors (Lipinski definition) is 1. The zero-order chi connectivity index (χ0) is 23.4. The number of rotatable bonds is 7. The summed E-state index contributed by atoms with van der Waals surface area (Å²) in [5.74, 6) is 0.522. The van der Waals surface area contributed by atoms with Crippen molar-refractivity contribution in [3.8, 4) is 17.3 Å². The van der Waals surface area contributed by atoms with Crippen molar-refractivity contribution in [2.45, 2.75) is 33.6 Å². The topological polar surface area (TPSA) is 56.1 Å². The molecule has 1 amide bonds. The Morgan fingerprint density at radius 1 is 0.970 bits per heavy atom. The molecule has 1 heterocycles. The van der Waals surface area contributed by atoms with Crippen LogP contribution in [-0.4, -0.2) is 15.7 Å². The summed E-state index contributed by atoms with van der Waals surface area (Å²) in [6, 6.07) is 21.9. The normalized spacial score (nSPS) is 10.8. The number of benzene rings is 3. The smallest absolute Gasteiger partial charge is 0.226 e. The number of amides is 1. The van der Waals surface area contributed by atoms with E-state index in [9.17, 15) is 9.18 Å². The highest BCUT2D eigenvalue weighted by Gasteiger charge is 2.20. The molecular formula is C27H26FN3O2. The second kappa shape index (κ2) is 9.69. The van der Waals surface area contributed by atoms with Crippen LogP contribution in [0.4, 0.5) is 10.1 Å². The third-order valence-electron chi connectivity index (χ3n) is 5.37. The molecule has 5 nitrogen and oxygen atoms in total. The molecule has 0 spiro atoms. The quantitative estimate of drug-likeness (QED) is 0.365. The molecule has 0 saturated carbocycles. The minimum Gasteiger partial charge on any atom is -0.439 e. The van der Waals surface area contributed by atoms with E-state index in [2.05, 4.69) is 5.32 Å². The predicted molar refractivity (Wildman–Crippen MR) is 128 cm³/mol. The zero-order valence-electron chi connectivity index (χ0n) is 18.9. The summed E-state index contributed by atoms with van der Waals surface area (Å²) in [5, 5.41) is 7.35. The van der Waals surface area contributed by atoms with Gasteiger partial charge in [0.1, 0.15) is 11.6 Å². The molecule has 168 valence electrons. The summed E-state index contributed by atoms with van der Waals surface area (Å²) in [6.45, 7) is 5.94. The van der Waals surface area contributed by atoms with Crippen molar-refractivity contribution < 1.29 is 13.9 Å². The highest BCUT2D eigenvalue weighted by atomic mass is 19.1. The van der Waals surface area contributed by atoms with Crippen LogP contribution in [0.1, 0.15) is 28.8 Å². The van der Waals surface area contributed by atoms with Gasteiger partial charge < -0.3 is 10.1 Å². The molecule has 0 fully saturated rings. The monoisotopic (exact) mass is 443 g/mol. The third kappa shape index (κ3) is 5.29. The lowest BCUT2D eigenvalue weighted by molar-refractivity contribution is -0.116. The summed E-state index contributed by atoms with van der Waals surface area (Å²) in [5.41, 5.74) is 4.90. The SMILES string of the molecule is Cc1ccc(Oc2c(CCC(=O)Nc3ccccc3F)c(C)nn2-c2cccc(C)c2)cc1. The minimum absolute atomic E-state index is 0.166. The first-order chi connectivity index (χ1) is 15.9. The van der Waals surface area contributed by atoms with Gasteiger partial charge in [0.2, 0.25) is 11.8 Å². The first kappa shape index (κ1) is 22.3. The maximum atomic E-state index is 13.9. The molecule has 0 aliphatic carbocycles. The Hall–Kier alpha value is -3.93. The average molecular weight is 444 g/mol. The number of ether oxygens (including phenoxy) is 1. The van der Waals surface area contributed by atoms with Gasteiger partial charge in [0.25, 0.3) is 0 Å². The molecule has 0 aliphatic rings. The number of nitrogens with one attached hydrogen (secondary N) is 1. The third-order valence-corrected chi connectivity index (χ3v) is 5.37. The van der Waals surface area contributed by atoms with E-state index in [0.29, 0.717) is 18.1 Å². The Bertz CT molecular complexity index is 1280. The fraction of sp³-hybridized carbons (Fsp3) is 0.185. The second-order valence-corrected chi connectivity index (χ2v) is 8.06. The van der Waals surface area contributed by atoms with Crippen LogP contribution in [0.15, 0.2) is 72.8 Å². The van der Waals surface area contributed by atoms with E-state index in [0.717, 1.165) is 28.1 Å². The van der Waals surface area contributed by atoms with Gasteiger partial charge in [0.05, 0.1) is 17.1 Å². The lowest BCUT2D eigenvalue weighted by atomic mass is 10.1. The Labute approximate surface area is 192 Å². The number of halogens is 1. The number of anilines is 1. The van der Waals surface area contributed by atoms with Crippen LogP contribution in [-0.2, 0) is 11.2 Å². The number of para-hydroxylation sites is 1. The van der Waals surface area contributed by atoms with Gasteiger partial charge in [0, 0.05) is 12.0 Å². The summed E-state index contributed by atoms with van der Waals surface area (Å²) in [6.07, 6.45) is 0.568. The summed E-state index contributed by atoms with van der Waals surface area (Å²) in [7, 11) is 0. The number of aromatic nitrogens is 2.